The molecule has 3 heterocycles. The number of carbonyl (C=O) groups is 3. The van der Waals surface area contributed by atoms with Crippen molar-refractivity contribution in [3.05, 3.63) is 72.6 Å². The van der Waals surface area contributed by atoms with Crippen LogP contribution in [0, 0.1) is 5.82 Å². The Hall–Kier alpha value is -4.08. The minimum Gasteiger partial charge on any atom is -0.443 e. The molecule has 37 heavy (non-hydrogen) atoms. The molecule has 1 atom stereocenters. The molecule has 1 N–H and O–H groups in total. The van der Waals surface area contributed by atoms with Gasteiger partial charge in [-0.2, -0.15) is 0 Å². The number of hydrogen-bond donors (Lipinski definition) is 1. The second-order valence-corrected chi connectivity index (χ2v) is 9.89. The fourth-order valence-corrected chi connectivity index (χ4v) is 4.22. The van der Waals surface area contributed by atoms with E-state index in [-0.39, 0.29) is 30.4 Å². The molecule has 1 aliphatic heterocycles. The first-order chi connectivity index (χ1) is 17.6. The highest BCUT2D eigenvalue weighted by Crippen LogP contribution is 2.37. The van der Waals surface area contributed by atoms with Gasteiger partial charge in [0.15, 0.2) is 0 Å². The van der Waals surface area contributed by atoms with E-state index in [0.717, 1.165) is 0 Å². The molecule has 9 nitrogen and oxygen atoms in total. The van der Waals surface area contributed by atoms with Crippen LogP contribution >= 0.6 is 0 Å². The number of oxazole rings is 1. The van der Waals surface area contributed by atoms with Gasteiger partial charge in [-0.15, -0.1) is 0 Å². The number of nitrogens with zero attached hydrogens (tertiary/aromatic N) is 3. The lowest BCUT2D eigenvalue weighted by Crippen LogP contribution is -2.42. The number of benzene rings is 1. The zero-order valence-electron chi connectivity index (χ0n) is 21.0. The Morgan fingerprint density at radius 3 is 2.59 bits per heavy atom. The molecule has 0 aliphatic carbocycles. The highest BCUT2D eigenvalue weighted by Gasteiger charge is 2.44. The number of ketones is 1. The largest absolute Gasteiger partial charge is 0.443 e. The number of allylic oxidation sites excluding steroid dienone is 1. The van der Waals surface area contributed by atoms with Crippen LogP contribution in [0.4, 0.5) is 9.18 Å². The first-order valence-corrected chi connectivity index (χ1v) is 12.0. The van der Waals surface area contributed by atoms with E-state index < -0.39 is 23.1 Å². The van der Waals surface area contributed by atoms with Crippen molar-refractivity contribution in [1.29, 1.82) is 0 Å². The summed E-state index contributed by atoms with van der Waals surface area (Å²) < 4.78 is 25.6. The SMILES string of the molecule is CC(C)(C)OC(=O)n1c(-c2ccc(F)cc2)cnc1C1(CC=CCCC(=O)c2ncco2)CCC(=O)N1. The summed E-state index contributed by atoms with van der Waals surface area (Å²) in [6.45, 7) is 5.28. The monoisotopic (exact) mass is 508 g/mol. The van der Waals surface area contributed by atoms with Crippen molar-refractivity contribution in [3.8, 4) is 11.3 Å². The van der Waals surface area contributed by atoms with Gasteiger partial charge in [0.05, 0.1) is 18.1 Å². The molecule has 4 rings (SSSR count). The number of imidazole rings is 1. The fraction of sp³-hybridized carbons (Fsp3) is 0.370. The number of rotatable bonds is 8. The predicted molar refractivity (Wildman–Crippen MR) is 132 cm³/mol. The zero-order chi connectivity index (χ0) is 26.6. The summed E-state index contributed by atoms with van der Waals surface area (Å²) in [6, 6.07) is 5.72. The number of hydrogen-bond acceptors (Lipinski definition) is 7. The third-order valence-corrected chi connectivity index (χ3v) is 5.91. The Morgan fingerprint density at radius 2 is 1.97 bits per heavy atom. The number of nitrogens with one attached hydrogen (secondary N) is 1. The van der Waals surface area contributed by atoms with Crippen LogP contribution in [0.15, 0.2) is 59.5 Å². The molecule has 0 bridgehead atoms. The van der Waals surface area contributed by atoms with Crippen LogP contribution in [0.3, 0.4) is 0 Å². The van der Waals surface area contributed by atoms with Gasteiger partial charge in [-0.05, 0) is 64.3 Å². The lowest BCUT2D eigenvalue weighted by Gasteiger charge is -2.29. The van der Waals surface area contributed by atoms with E-state index in [9.17, 15) is 18.8 Å². The van der Waals surface area contributed by atoms with E-state index in [2.05, 4.69) is 15.3 Å². The molecule has 1 unspecified atom stereocenters. The van der Waals surface area contributed by atoms with E-state index in [4.69, 9.17) is 9.15 Å². The van der Waals surface area contributed by atoms with Gasteiger partial charge >= 0.3 is 6.09 Å². The van der Waals surface area contributed by atoms with Gasteiger partial charge in [-0.1, -0.05) is 12.2 Å². The Bertz CT molecular complexity index is 1310. The maximum atomic E-state index is 13.6. The first kappa shape index (κ1) is 26.0. The lowest BCUT2D eigenvalue weighted by atomic mass is 9.91. The quantitative estimate of drug-likeness (QED) is 0.329. The van der Waals surface area contributed by atoms with Crippen molar-refractivity contribution < 1.29 is 27.9 Å². The standard InChI is InChI=1S/C27H29FN4O5/c1-26(2,3)37-25(35)32-20(18-8-10-19(28)11-9-18)17-30-24(32)27(14-12-22(34)31-27)13-6-4-5-7-21(33)23-29-15-16-36-23/h4,6,8-11,15-17H,5,7,12-14H2,1-3H3,(H,31,34). The minimum absolute atomic E-state index is 0.0700. The zero-order valence-corrected chi connectivity index (χ0v) is 21.0. The Morgan fingerprint density at radius 1 is 1.22 bits per heavy atom. The maximum Gasteiger partial charge on any atom is 0.420 e. The summed E-state index contributed by atoms with van der Waals surface area (Å²) in [5.41, 5.74) is -0.744. The molecular formula is C27H29FN4O5. The van der Waals surface area contributed by atoms with Crippen LogP contribution in [0.25, 0.3) is 11.3 Å². The third-order valence-electron chi connectivity index (χ3n) is 5.91. The van der Waals surface area contributed by atoms with Crippen LogP contribution in [-0.4, -0.2) is 37.9 Å². The van der Waals surface area contributed by atoms with Gasteiger partial charge in [0.1, 0.15) is 29.0 Å². The van der Waals surface area contributed by atoms with Crippen LogP contribution in [0.2, 0.25) is 0 Å². The highest BCUT2D eigenvalue weighted by molar-refractivity contribution is 5.91. The average Bonchev–Trinajstić information content (AvgIpc) is 3.58. The number of ether oxygens (including phenoxy) is 1. The van der Waals surface area contributed by atoms with E-state index in [1.165, 1.54) is 35.4 Å². The summed E-state index contributed by atoms with van der Waals surface area (Å²) in [5, 5.41) is 3.00. The molecule has 2 aromatic heterocycles. The predicted octanol–water partition coefficient (Wildman–Crippen LogP) is 5.18. The number of halogens is 1. The van der Waals surface area contributed by atoms with Crippen molar-refractivity contribution in [2.24, 2.45) is 0 Å². The Balaban J connectivity index is 1.64. The topological polar surface area (TPSA) is 116 Å². The van der Waals surface area contributed by atoms with Gasteiger partial charge in [0.2, 0.25) is 11.7 Å². The molecule has 194 valence electrons. The molecule has 1 saturated heterocycles. The number of amides is 1. The molecule has 10 heteroatoms. The van der Waals surface area contributed by atoms with Crippen molar-refractivity contribution in [2.75, 3.05) is 0 Å². The Kier molecular flexibility index (Phi) is 7.37. The molecule has 0 radical (unpaired) electrons. The highest BCUT2D eigenvalue weighted by atomic mass is 19.1. The van der Waals surface area contributed by atoms with Crippen molar-refractivity contribution >= 4 is 17.8 Å². The second-order valence-electron chi connectivity index (χ2n) is 9.89. The van der Waals surface area contributed by atoms with Gasteiger partial charge in [0, 0.05) is 18.4 Å². The number of Topliss-reactive ketones (excluding diaryl/α,β-unsaturated/α-hetero) is 1. The minimum atomic E-state index is -0.963. The van der Waals surface area contributed by atoms with Crippen LogP contribution < -0.4 is 5.32 Å². The summed E-state index contributed by atoms with van der Waals surface area (Å²) in [5.74, 6) is -0.371. The maximum absolute atomic E-state index is 13.6. The molecule has 1 aliphatic rings. The average molecular weight is 509 g/mol. The smallest absolute Gasteiger partial charge is 0.420 e. The molecule has 1 amide bonds. The first-order valence-electron chi connectivity index (χ1n) is 12.0. The van der Waals surface area contributed by atoms with Crippen molar-refractivity contribution in [2.45, 2.75) is 64.0 Å². The molecule has 0 saturated carbocycles. The van der Waals surface area contributed by atoms with Crippen LogP contribution in [0.5, 0.6) is 0 Å². The van der Waals surface area contributed by atoms with Gasteiger partial charge in [-0.3, -0.25) is 9.59 Å². The van der Waals surface area contributed by atoms with E-state index in [1.807, 2.05) is 12.2 Å². The molecule has 3 aromatic rings. The summed E-state index contributed by atoms with van der Waals surface area (Å²) in [7, 11) is 0. The summed E-state index contributed by atoms with van der Waals surface area (Å²) in [6.07, 6.45) is 9.04. The van der Waals surface area contributed by atoms with E-state index in [1.54, 1.807) is 32.9 Å². The van der Waals surface area contributed by atoms with Crippen LogP contribution in [0.1, 0.15) is 69.4 Å². The molecule has 1 fully saturated rings. The lowest BCUT2D eigenvalue weighted by molar-refractivity contribution is -0.119. The van der Waals surface area contributed by atoms with Crippen molar-refractivity contribution in [1.82, 2.24) is 19.9 Å². The normalized spacial score (nSPS) is 17.8. The molecule has 0 spiro atoms. The summed E-state index contributed by atoms with van der Waals surface area (Å²) >= 11 is 0. The molecule has 1 aromatic carbocycles. The van der Waals surface area contributed by atoms with Gasteiger partial charge < -0.3 is 14.5 Å². The number of carbonyl (C=O) groups excluding carboxylic acids is 3. The van der Waals surface area contributed by atoms with Gasteiger partial charge in [-0.25, -0.2) is 23.7 Å². The van der Waals surface area contributed by atoms with E-state index >= 15 is 0 Å². The third kappa shape index (κ3) is 6.02. The summed E-state index contributed by atoms with van der Waals surface area (Å²) in [4.78, 5) is 46.3. The molecular weight excluding hydrogens is 479 g/mol. The Labute approximate surface area is 213 Å². The van der Waals surface area contributed by atoms with E-state index in [0.29, 0.717) is 36.3 Å². The second kappa shape index (κ2) is 10.5. The fourth-order valence-electron chi connectivity index (χ4n) is 4.22. The van der Waals surface area contributed by atoms with Gasteiger partial charge in [0.25, 0.3) is 5.89 Å². The number of aromatic nitrogens is 3. The van der Waals surface area contributed by atoms with Crippen LogP contribution in [-0.2, 0) is 15.1 Å². The van der Waals surface area contributed by atoms with Crippen molar-refractivity contribution in [3.63, 3.8) is 0 Å².